The number of quaternary nitrogens is 1. The van der Waals surface area contributed by atoms with Gasteiger partial charge in [0, 0.05) is 5.69 Å². The standard InChI is InChI=1S/C23H26N4O3/c1-17-4-3-5-21(18(17)2)25-22(28)15-26-10-12-27(13-11-26)23(29)16-30-20-8-6-19(14-24)7-9-20/h3-9H,10-13,15-16H2,1-2H3,(H,25,28)/p+1. The molecule has 2 aromatic carbocycles. The van der Waals surface area contributed by atoms with Crippen LogP contribution in [0.25, 0.3) is 0 Å². The zero-order valence-corrected chi connectivity index (χ0v) is 17.4. The number of amides is 2. The number of hydrogen-bond donors (Lipinski definition) is 2. The number of anilines is 1. The molecule has 2 aromatic rings. The second kappa shape index (κ2) is 9.90. The van der Waals surface area contributed by atoms with Gasteiger partial charge in [0.05, 0.1) is 37.8 Å². The molecule has 0 aliphatic carbocycles. The number of nitrogens with zero attached hydrogens (tertiary/aromatic N) is 2. The molecule has 0 atom stereocenters. The summed E-state index contributed by atoms with van der Waals surface area (Å²) in [6, 6.07) is 14.6. The van der Waals surface area contributed by atoms with Crippen molar-refractivity contribution < 1.29 is 19.2 Å². The summed E-state index contributed by atoms with van der Waals surface area (Å²) in [4.78, 5) is 27.7. The van der Waals surface area contributed by atoms with Crippen LogP contribution in [0.5, 0.6) is 5.75 Å². The van der Waals surface area contributed by atoms with Crippen LogP contribution in [0.3, 0.4) is 0 Å². The van der Waals surface area contributed by atoms with E-state index in [0.29, 0.717) is 30.9 Å². The van der Waals surface area contributed by atoms with E-state index < -0.39 is 0 Å². The maximum atomic E-state index is 12.4. The van der Waals surface area contributed by atoms with Gasteiger partial charge in [-0.05, 0) is 55.3 Å². The molecule has 1 heterocycles. The highest BCUT2D eigenvalue weighted by molar-refractivity contribution is 5.92. The Morgan fingerprint density at radius 3 is 2.50 bits per heavy atom. The fraction of sp³-hybridized carbons (Fsp3) is 0.348. The second-order valence-corrected chi connectivity index (χ2v) is 7.53. The maximum absolute atomic E-state index is 12.4. The number of piperazine rings is 1. The van der Waals surface area contributed by atoms with Crippen LogP contribution < -0.4 is 15.0 Å². The van der Waals surface area contributed by atoms with Crippen molar-refractivity contribution in [1.82, 2.24) is 4.90 Å². The summed E-state index contributed by atoms with van der Waals surface area (Å²) in [6.07, 6.45) is 0. The molecule has 0 saturated carbocycles. The topological polar surface area (TPSA) is 86.9 Å². The van der Waals surface area contributed by atoms with E-state index in [0.717, 1.165) is 34.8 Å². The molecule has 0 unspecified atom stereocenters. The maximum Gasteiger partial charge on any atom is 0.279 e. The summed E-state index contributed by atoms with van der Waals surface area (Å²) in [5.74, 6) is 0.482. The van der Waals surface area contributed by atoms with Gasteiger partial charge in [0.15, 0.2) is 13.2 Å². The van der Waals surface area contributed by atoms with E-state index in [4.69, 9.17) is 10.00 Å². The lowest BCUT2D eigenvalue weighted by Gasteiger charge is -2.31. The number of hydrogen-bond acceptors (Lipinski definition) is 4. The zero-order valence-electron chi connectivity index (χ0n) is 17.4. The summed E-state index contributed by atoms with van der Waals surface area (Å²) < 4.78 is 5.53. The fourth-order valence-corrected chi connectivity index (χ4v) is 3.42. The molecule has 1 aliphatic rings. The summed E-state index contributed by atoms with van der Waals surface area (Å²) in [7, 11) is 0. The Labute approximate surface area is 176 Å². The first-order chi connectivity index (χ1) is 14.5. The van der Waals surface area contributed by atoms with Crippen molar-refractivity contribution in [2.75, 3.05) is 44.6 Å². The molecule has 156 valence electrons. The monoisotopic (exact) mass is 407 g/mol. The lowest BCUT2D eigenvalue weighted by molar-refractivity contribution is -0.895. The molecule has 3 rings (SSSR count). The molecule has 30 heavy (non-hydrogen) atoms. The Hall–Kier alpha value is -3.37. The SMILES string of the molecule is Cc1cccc(NC(=O)C[NH+]2CCN(C(=O)COc3ccc(C#N)cc3)CC2)c1C. The quantitative estimate of drug-likeness (QED) is 0.746. The van der Waals surface area contributed by atoms with Crippen molar-refractivity contribution >= 4 is 17.5 Å². The molecule has 0 spiro atoms. The Kier molecular flexibility index (Phi) is 7.04. The summed E-state index contributed by atoms with van der Waals surface area (Å²) >= 11 is 0. The highest BCUT2D eigenvalue weighted by Gasteiger charge is 2.25. The number of rotatable bonds is 6. The van der Waals surface area contributed by atoms with Crippen molar-refractivity contribution in [3.63, 3.8) is 0 Å². The average Bonchev–Trinajstić information content (AvgIpc) is 2.76. The van der Waals surface area contributed by atoms with Crippen LogP contribution in [0.15, 0.2) is 42.5 Å². The highest BCUT2D eigenvalue weighted by atomic mass is 16.5. The third-order valence-electron chi connectivity index (χ3n) is 5.46. The normalized spacial score (nSPS) is 14.1. The van der Waals surface area contributed by atoms with Gasteiger partial charge in [-0.25, -0.2) is 0 Å². The molecule has 0 radical (unpaired) electrons. The number of carbonyl (C=O) groups excluding carboxylic acids is 2. The first kappa shape index (κ1) is 21.3. The van der Waals surface area contributed by atoms with Crippen LogP contribution in [0.2, 0.25) is 0 Å². The molecular weight excluding hydrogens is 380 g/mol. The third kappa shape index (κ3) is 5.58. The zero-order chi connectivity index (χ0) is 21.5. The first-order valence-corrected chi connectivity index (χ1v) is 10.1. The van der Waals surface area contributed by atoms with E-state index in [1.165, 1.54) is 0 Å². The Bertz CT molecular complexity index is 942. The molecule has 1 aliphatic heterocycles. The molecule has 2 amide bonds. The van der Waals surface area contributed by atoms with Crippen molar-refractivity contribution in [3.8, 4) is 11.8 Å². The lowest BCUT2D eigenvalue weighted by atomic mass is 10.1. The summed E-state index contributed by atoms with van der Waals surface area (Å²) in [5.41, 5.74) is 3.64. The van der Waals surface area contributed by atoms with Crippen LogP contribution in [-0.4, -0.2) is 56.0 Å². The Morgan fingerprint density at radius 1 is 1.13 bits per heavy atom. The number of nitrogens with one attached hydrogen (secondary N) is 2. The summed E-state index contributed by atoms with van der Waals surface area (Å²) in [6.45, 7) is 7.03. The second-order valence-electron chi connectivity index (χ2n) is 7.53. The predicted molar refractivity (Wildman–Crippen MR) is 113 cm³/mol. The minimum Gasteiger partial charge on any atom is -0.484 e. The van der Waals surface area contributed by atoms with Gasteiger partial charge in [-0.2, -0.15) is 5.26 Å². The lowest BCUT2D eigenvalue weighted by Crippen LogP contribution is -3.15. The fourth-order valence-electron chi connectivity index (χ4n) is 3.42. The van der Waals surface area contributed by atoms with E-state index in [2.05, 4.69) is 5.32 Å². The third-order valence-corrected chi connectivity index (χ3v) is 5.46. The van der Waals surface area contributed by atoms with Gasteiger partial charge >= 0.3 is 0 Å². The molecule has 1 saturated heterocycles. The van der Waals surface area contributed by atoms with Crippen LogP contribution in [0.4, 0.5) is 5.69 Å². The van der Waals surface area contributed by atoms with Gasteiger partial charge in [0.2, 0.25) is 0 Å². The number of benzene rings is 2. The Balaban J connectivity index is 1.41. The molecule has 0 aromatic heterocycles. The summed E-state index contributed by atoms with van der Waals surface area (Å²) in [5, 5.41) is 11.8. The molecule has 1 fully saturated rings. The van der Waals surface area contributed by atoms with E-state index in [1.807, 2.05) is 38.1 Å². The average molecular weight is 407 g/mol. The molecule has 7 nitrogen and oxygen atoms in total. The van der Waals surface area contributed by atoms with Crippen molar-refractivity contribution in [1.29, 1.82) is 5.26 Å². The number of carbonyl (C=O) groups is 2. The van der Waals surface area contributed by atoms with Crippen molar-refractivity contribution in [3.05, 3.63) is 59.2 Å². The highest BCUT2D eigenvalue weighted by Crippen LogP contribution is 2.17. The molecule has 0 bridgehead atoms. The minimum atomic E-state index is -0.0711. The van der Waals surface area contributed by atoms with Crippen molar-refractivity contribution in [2.45, 2.75) is 13.8 Å². The van der Waals surface area contributed by atoms with Crippen LogP contribution >= 0.6 is 0 Å². The Morgan fingerprint density at radius 2 is 1.83 bits per heavy atom. The van der Waals surface area contributed by atoms with E-state index in [9.17, 15) is 9.59 Å². The van der Waals surface area contributed by atoms with Gasteiger partial charge < -0.3 is 19.9 Å². The van der Waals surface area contributed by atoms with Gasteiger partial charge in [-0.1, -0.05) is 12.1 Å². The van der Waals surface area contributed by atoms with Crippen molar-refractivity contribution in [2.24, 2.45) is 0 Å². The van der Waals surface area contributed by atoms with Gasteiger partial charge in [0.25, 0.3) is 11.8 Å². The van der Waals surface area contributed by atoms with Crippen LogP contribution in [0.1, 0.15) is 16.7 Å². The first-order valence-electron chi connectivity index (χ1n) is 10.1. The molecular formula is C23H27N4O3+. The number of aryl methyl sites for hydroxylation is 1. The van der Waals surface area contributed by atoms with Gasteiger partial charge in [-0.3, -0.25) is 9.59 Å². The minimum absolute atomic E-state index is 0.0115. The number of ether oxygens (including phenoxy) is 1. The number of nitriles is 1. The van der Waals surface area contributed by atoms with E-state index >= 15 is 0 Å². The predicted octanol–water partition coefficient (Wildman–Crippen LogP) is 0.920. The molecule has 2 N–H and O–H groups in total. The van der Waals surface area contributed by atoms with Gasteiger partial charge in [-0.15, -0.1) is 0 Å². The van der Waals surface area contributed by atoms with Gasteiger partial charge in [0.1, 0.15) is 5.75 Å². The largest absolute Gasteiger partial charge is 0.484 e. The van der Waals surface area contributed by atoms with E-state index in [1.54, 1.807) is 29.2 Å². The van der Waals surface area contributed by atoms with Crippen LogP contribution in [-0.2, 0) is 9.59 Å². The smallest absolute Gasteiger partial charge is 0.279 e. The molecule has 7 heteroatoms. The van der Waals surface area contributed by atoms with Crippen LogP contribution in [0, 0.1) is 25.2 Å². The van der Waals surface area contributed by atoms with E-state index in [-0.39, 0.29) is 18.4 Å².